The summed E-state index contributed by atoms with van der Waals surface area (Å²) in [6.07, 6.45) is -0.589. The molecule has 0 aliphatic rings. The number of benzene rings is 1. The van der Waals surface area contributed by atoms with Crippen LogP contribution in [0.4, 0.5) is 10.5 Å². The predicted octanol–water partition coefficient (Wildman–Crippen LogP) is 4.76. The van der Waals surface area contributed by atoms with E-state index in [4.69, 9.17) is 21.1 Å². The first kappa shape index (κ1) is 19.5. The lowest BCUT2D eigenvalue weighted by molar-refractivity contribution is 0.0636. The summed E-state index contributed by atoms with van der Waals surface area (Å²) < 4.78 is 10.8. The van der Waals surface area contributed by atoms with E-state index in [1.165, 1.54) is 6.07 Å². The van der Waals surface area contributed by atoms with Crippen LogP contribution >= 0.6 is 11.6 Å². The largest absolute Gasteiger partial charge is 0.444 e. The molecule has 8 heteroatoms. The zero-order chi connectivity index (χ0) is 19.5. The van der Waals surface area contributed by atoms with Gasteiger partial charge in [0.05, 0.1) is 10.7 Å². The number of hydrogen-bond acceptors (Lipinski definition) is 6. The van der Waals surface area contributed by atoms with Crippen molar-refractivity contribution in [3.8, 4) is 17.7 Å². The van der Waals surface area contributed by atoms with E-state index in [-0.39, 0.29) is 16.7 Å². The van der Waals surface area contributed by atoms with Gasteiger partial charge in [-0.3, -0.25) is 5.32 Å². The van der Waals surface area contributed by atoms with E-state index in [0.717, 1.165) is 0 Å². The number of aromatic nitrogens is 2. The van der Waals surface area contributed by atoms with Crippen LogP contribution in [-0.2, 0) is 4.74 Å². The molecule has 0 saturated heterocycles. The van der Waals surface area contributed by atoms with Gasteiger partial charge in [-0.05, 0) is 58.4 Å². The number of anilines is 1. The molecule has 0 aliphatic carbocycles. The highest BCUT2D eigenvalue weighted by Crippen LogP contribution is 2.33. The Morgan fingerprint density at radius 2 is 1.96 bits per heavy atom. The average Bonchev–Trinajstić information content (AvgIpc) is 2.52. The number of amides is 1. The van der Waals surface area contributed by atoms with Crippen molar-refractivity contribution in [2.75, 3.05) is 5.32 Å². The molecule has 0 saturated carbocycles. The highest BCUT2D eigenvalue weighted by atomic mass is 35.5. The number of halogens is 1. The Bertz CT molecular complexity index is 885. The van der Waals surface area contributed by atoms with Crippen LogP contribution in [0.5, 0.6) is 11.6 Å². The molecule has 0 spiro atoms. The molecule has 26 heavy (non-hydrogen) atoms. The van der Waals surface area contributed by atoms with E-state index in [0.29, 0.717) is 22.5 Å². The van der Waals surface area contributed by atoms with Crippen molar-refractivity contribution in [1.82, 2.24) is 10.2 Å². The first-order valence-electron chi connectivity index (χ1n) is 7.82. The zero-order valence-corrected chi connectivity index (χ0v) is 15.9. The Hall–Kier alpha value is -2.85. The lowest BCUT2D eigenvalue weighted by atomic mass is 10.1. The van der Waals surface area contributed by atoms with Crippen LogP contribution in [0.25, 0.3) is 0 Å². The van der Waals surface area contributed by atoms with Crippen LogP contribution in [0, 0.1) is 25.2 Å². The molecular formula is C18H19ClN4O3. The van der Waals surface area contributed by atoms with Crippen LogP contribution in [-0.4, -0.2) is 21.9 Å². The summed E-state index contributed by atoms with van der Waals surface area (Å²) in [7, 11) is 0. The SMILES string of the molecule is Cc1nnc(Oc2ccc(NC(=O)OC(C)(C)C)cc2Cl)c(C#N)c1C. The summed E-state index contributed by atoms with van der Waals surface area (Å²) >= 11 is 6.21. The van der Waals surface area contributed by atoms with Crippen molar-refractivity contribution in [2.24, 2.45) is 0 Å². The highest BCUT2D eigenvalue weighted by molar-refractivity contribution is 6.32. The molecule has 0 fully saturated rings. The molecule has 0 radical (unpaired) electrons. The molecule has 0 atom stereocenters. The fraction of sp³-hybridized carbons (Fsp3) is 0.333. The number of carbonyl (C=O) groups excluding carboxylic acids is 1. The Balaban J connectivity index is 2.20. The molecule has 1 heterocycles. The van der Waals surface area contributed by atoms with Gasteiger partial charge >= 0.3 is 6.09 Å². The molecule has 1 aromatic heterocycles. The molecule has 2 aromatic rings. The van der Waals surface area contributed by atoms with Gasteiger partial charge in [0.1, 0.15) is 23.0 Å². The molecule has 1 N–H and O–H groups in total. The number of nitriles is 1. The molecule has 136 valence electrons. The normalized spacial score (nSPS) is 10.8. The van der Waals surface area contributed by atoms with Crippen molar-refractivity contribution in [3.05, 3.63) is 40.0 Å². The third-order valence-electron chi connectivity index (χ3n) is 3.32. The molecule has 0 aliphatic heterocycles. The van der Waals surface area contributed by atoms with Crippen LogP contribution in [0.2, 0.25) is 5.02 Å². The Morgan fingerprint density at radius 1 is 1.27 bits per heavy atom. The van der Waals surface area contributed by atoms with Crippen LogP contribution in [0.1, 0.15) is 37.6 Å². The van der Waals surface area contributed by atoms with Gasteiger partial charge in [-0.2, -0.15) is 10.4 Å². The van der Waals surface area contributed by atoms with Crippen molar-refractivity contribution >= 4 is 23.4 Å². The van der Waals surface area contributed by atoms with Crippen molar-refractivity contribution in [1.29, 1.82) is 5.26 Å². The molecule has 2 rings (SSSR count). The van der Waals surface area contributed by atoms with Gasteiger partial charge in [0.15, 0.2) is 0 Å². The Labute approximate surface area is 156 Å². The molecule has 1 aromatic carbocycles. The molecule has 1 amide bonds. The average molecular weight is 375 g/mol. The third-order valence-corrected chi connectivity index (χ3v) is 3.61. The standard InChI is InChI=1S/C18H19ClN4O3/c1-10-11(2)22-23-16(13(10)9-20)25-15-7-6-12(8-14(15)19)21-17(24)26-18(3,4)5/h6-8H,1-5H3,(H,21,24). The van der Waals surface area contributed by atoms with Gasteiger partial charge in [-0.15, -0.1) is 5.10 Å². The van der Waals surface area contributed by atoms with Gasteiger partial charge in [-0.1, -0.05) is 11.6 Å². The topological polar surface area (TPSA) is 97.1 Å². The third kappa shape index (κ3) is 4.83. The van der Waals surface area contributed by atoms with Crippen molar-refractivity contribution in [3.63, 3.8) is 0 Å². The number of carbonyl (C=O) groups is 1. The number of hydrogen-bond donors (Lipinski definition) is 1. The van der Waals surface area contributed by atoms with E-state index in [1.807, 2.05) is 0 Å². The smallest absolute Gasteiger partial charge is 0.412 e. The molecular weight excluding hydrogens is 356 g/mol. The first-order chi connectivity index (χ1) is 12.1. The minimum absolute atomic E-state index is 0.0744. The van der Waals surface area contributed by atoms with Gasteiger partial charge in [0.2, 0.25) is 0 Å². The molecule has 7 nitrogen and oxygen atoms in total. The maximum Gasteiger partial charge on any atom is 0.412 e. The fourth-order valence-corrected chi connectivity index (χ4v) is 2.20. The molecule has 0 bridgehead atoms. The van der Waals surface area contributed by atoms with Crippen molar-refractivity contribution in [2.45, 2.75) is 40.2 Å². The monoisotopic (exact) mass is 374 g/mol. The maximum absolute atomic E-state index is 11.8. The second kappa shape index (κ2) is 7.58. The number of nitrogens with one attached hydrogen (secondary N) is 1. The van der Waals surface area contributed by atoms with Crippen LogP contribution in [0.15, 0.2) is 18.2 Å². The molecule has 0 unspecified atom stereocenters. The first-order valence-corrected chi connectivity index (χ1v) is 8.20. The maximum atomic E-state index is 11.8. The van der Waals surface area contributed by atoms with Gasteiger partial charge in [0, 0.05) is 5.69 Å². The zero-order valence-electron chi connectivity index (χ0n) is 15.2. The number of ether oxygens (including phenoxy) is 2. The number of nitrogens with zero attached hydrogens (tertiary/aromatic N) is 3. The fourth-order valence-electron chi connectivity index (χ4n) is 1.98. The summed E-state index contributed by atoms with van der Waals surface area (Å²) in [4.78, 5) is 11.8. The Morgan fingerprint density at radius 3 is 2.54 bits per heavy atom. The summed E-state index contributed by atoms with van der Waals surface area (Å²) in [5.41, 5.74) is 1.48. The van der Waals surface area contributed by atoms with Crippen LogP contribution < -0.4 is 10.1 Å². The number of rotatable bonds is 3. The lowest BCUT2D eigenvalue weighted by Gasteiger charge is -2.19. The van der Waals surface area contributed by atoms with Gasteiger partial charge in [0.25, 0.3) is 5.88 Å². The summed E-state index contributed by atoms with van der Waals surface area (Å²) in [5.74, 6) is 0.362. The van der Waals surface area contributed by atoms with Crippen LogP contribution in [0.3, 0.4) is 0 Å². The van der Waals surface area contributed by atoms with E-state index < -0.39 is 11.7 Å². The van der Waals surface area contributed by atoms with E-state index >= 15 is 0 Å². The summed E-state index contributed by atoms with van der Waals surface area (Å²) in [6, 6.07) is 6.74. The second-order valence-electron chi connectivity index (χ2n) is 6.58. The summed E-state index contributed by atoms with van der Waals surface area (Å²) in [5, 5.41) is 20.0. The predicted molar refractivity (Wildman–Crippen MR) is 97.6 cm³/mol. The van der Waals surface area contributed by atoms with Crippen molar-refractivity contribution < 1.29 is 14.3 Å². The quantitative estimate of drug-likeness (QED) is 0.831. The minimum Gasteiger partial charge on any atom is -0.444 e. The second-order valence-corrected chi connectivity index (χ2v) is 6.98. The van der Waals surface area contributed by atoms with Gasteiger partial charge in [-0.25, -0.2) is 4.79 Å². The summed E-state index contributed by atoms with van der Waals surface area (Å²) in [6.45, 7) is 8.84. The van der Waals surface area contributed by atoms with E-state index in [2.05, 4.69) is 21.6 Å². The highest BCUT2D eigenvalue weighted by Gasteiger charge is 2.17. The van der Waals surface area contributed by atoms with E-state index in [1.54, 1.807) is 46.8 Å². The Kier molecular flexibility index (Phi) is 5.68. The minimum atomic E-state index is -0.605. The lowest BCUT2D eigenvalue weighted by Crippen LogP contribution is -2.27. The van der Waals surface area contributed by atoms with Gasteiger partial charge < -0.3 is 9.47 Å². The number of aryl methyl sites for hydroxylation is 1. The van der Waals surface area contributed by atoms with E-state index in [9.17, 15) is 10.1 Å².